The number of nitrogens with zero attached hydrogens (tertiary/aromatic N) is 3. The van der Waals surface area contributed by atoms with Crippen molar-refractivity contribution in [3.05, 3.63) is 51.8 Å². The molecule has 0 aliphatic carbocycles. The van der Waals surface area contributed by atoms with Crippen LogP contribution >= 0.6 is 23.2 Å². The molecule has 2 bridgehead atoms. The molecule has 2 aromatic carbocycles. The molecule has 2 atom stereocenters. The van der Waals surface area contributed by atoms with Crippen LogP contribution in [0.4, 0.5) is 10.1 Å². The second-order valence-electron chi connectivity index (χ2n) is 9.86. The van der Waals surface area contributed by atoms with Crippen LogP contribution in [0.2, 0.25) is 10.0 Å². The number of amides is 1. The van der Waals surface area contributed by atoms with Gasteiger partial charge in [-0.3, -0.25) is 4.79 Å². The number of hydrogen-bond donors (Lipinski definition) is 1. The lowest BCUT2D eigenvalue weighted by atomic mass is 10.0. The third kappa shape index (κ3) is 4.12. The van der Waals surface area contributed by atoms with Gasteiger partial charge < -0.3 is 19.6 Å². The highest BCUT2D eigenvalue weighted by Crippen LogP contribution is 2.45. The summed E-state index contributed by atoms with van der Waals surface area (Å²) in [7, 11) is -2.41. The number of aromatic hydroxyl groups is 1. The Labute approximate surface area is 219 Å². The first-order chi connectivity index (χ1) is 16.9. The maximum atomic E-state index is 13.4. The van der Waals surface area contributed by atoms with E-state index in [9.17, 15) is 22.7 Å². The van der Waals surface area contributed by atoms with E-state index in [1.54, 1.807) is 11.8 Å². The predicted molar refractivity (Wildman–Crippen MR) is 134 cm³/mol. The van der Waals surface area contributed by atoms with E-state index in [0.717, 1.165) is 18.9 Å². The molecule has 0 spiro atoms. The number of hydrogen-bond acceptors (Lipinski definition) is 6. The topological polar surface area (TPSA) is 90.4 Å². The minimum Gasteiger partial charge on any atom is -0.504 e. The fourth-order valence-corrected chi connectivity index (χ4v) is 7.29. The van der Waals surface area contributed by atoms with Crippen molar-refractivity contribution in [3.63, 3.8) is 0 Å². The number of carbonyl (C=O) groups is 1. The van der Waals surface area contributed by atoms with Crippen molar-refractivity contribution in [1.29, 1.82) is 0 Å². The summed E-state index contributed by atoms with van der Waals surface area (Å²) in [4.78, 5) is 16.7. The van der Waals surface area contributed by atoms with Crippen LogP contribution in [0.5, 0.6) is 5.75 Å². The van der Waals surface area contributed by atoms with Gasteiger partial charge in [-0.15, -0.1) is 0 Å². The van der Waals surface area contributed by atoms with Crippen molar-refractivity contribution in [1.82, 2.24) is 9.21 Å². The Morgan fingerprint density at radius 2 is 1.78 bits per heavy atom. The Morgan fingerprint density at radius 1 is 1.14 bits per heavy atom. The van der Waals surface area contributed by atoms with Crippen LogP contribution in [0.25, 0.3) is 0 Å². The van der Waals surface area contributed by atoms with Gasteiger partial charge in [-0.05, 0) is 50.1 Å². The standard InChI is InChI=1S/C24H26Cl2FN3O5S/c1-24(12-35-13-24)28(2)36(33,34)17-8-20(26)22(31)21(9-17)30-15-4-5-16(30)11-29(10-15)23(32)18-6-3-14(27)7-19(18)25/h3,6-9,15-16,31H,4-5,10-13H2,1-2H3. The molecule has 194 valence electrons. The van der Waals surface area contributed by atoms with Crippen molar-refractivity contribution < 1.29 is 27.4 Å². The molecule has 0 saturated carbocycles. The van der Waals surface area contributed by atoms with E-state index in [1.165, 1.54) is 35.6 Å². The molecule has 2 aromatic rings. The minimum atomic E-state index is -3.92. The third-order valence-corrected chi connectivity index (χ3v) is 10.1. The highest BCUT2D eigenvalue weighted by molar-refractivity contribution is 7.89. The number of fused-ring (bicyclic) bond motifs is 2. The van der Waals surface area contributed by atoms with E-state index < -0.39 is 21.4 Å². The Kier molecular flexibility index (Phi) is 6.40. The Hall–Kier alpha value is -2.11. The monoisotopic (exact) mass is 557 g/mol. The largest absolute Gasteiger partial charge is 0.504 e. The van der Waals surface area contributed by atoms with E-state index >= 15 is 0 Å². The minimum absolute atomic E-state index is 0.0214. The van der Waals surface area contributed by atoms with Gasteiger partial charge in [0.2, 0.25) is 10.0 Å². The van der Waals surface area contributed by atoms with E-state index in [4.69, 9.17) is 27.9 Å². The molecule has 2 unspecified atom stereocenters. The van der Waals surface area contributed by atoms with Gasteiger partial charge in [0.25, 0.3) is 5.91 Å². The average molecular weight is 558 g/mol. The summed E-state index contributed by atoms with van der Waals surface area (Å²) in [5.74, 6) is -1.02. The number of phenolic OH excluding ortho intramolecular Hbond substituents is 1. The van der Waals surface area contributed by atoms with Gasteiger partial charge in [0.1, 0.15) is 5.82 Å². The maximum absolute atomic E-state index is 13.4. The normalized spacial score (nSPS) is 23.2. The molecule has 8 nitrogen and oxygen atoms in total. The number of likely N-dealkylation sites (N-methyl/N-ethyl adjacent to an activating group) is 1. The van der Waals surface area contributed by atoms with Crippen LogP contribution in [-0.2, 0) is 14.8 Å². The number of carbonyl (C=O) groups excluding carboxylic acids is 1. The Bertz CT molecular complexity index is 1320. The summed E-state index contributed by atoms with van der Waals surface area (Å²) in [5.41, 5.74) is -0.110. The summed E-state index contributed by atoms with van der Waals surface area (Å²) < 4.78 is 46.8. The van der Waals surface area contributed by atoms with Crippen LogP contribution in [0, 0.1) is 5.82 Å². The molecule has 3 aliphatic heterocycles. The lowest BCUT2D eigenvalue weighted by Gasteiger charge is -2.44. The molecule has 3 fully saturated rings. The molecular formula is C24H26Cl2FN3O5S. The van der Waals surface area contributed by atoms with Crippen molar-refractivity contribution >= 4 is 44.8 Å². The lowest BCUT2D eigenvalue weighted by molar-refractivity contribution is -0.0941. The molecule has 0 aromatic heterocycles. The van der Waals surface area contributed by atoms with Gasteiger partial charge in [-0.2, -0.15) is 4.31 Å². The molecular weight excluding hydrogens is 532 g/mol. The van der Waals surface area contributed by atoms with E-state index in [2.05, 4.69) is 0 Å². The van der Waals surface area contributed by atoms with Gasteiger partial charge in [-0.25, -0.2) is 12.8 Å². The summed E-state index contributed by atoms with van der Waals surface area (Å²) >= 11 is 12.4. The SMILES string of the molecule is CN(C1(C)COC1)S(=O)(=O)c1cc(Cl)c(O)c(N2C3CCC2CN(C(=O)c2ccc(F)cc2Cl)C3)c1. The first-order valence-electron chi connectivity index (χ1n) is 11.5. The number of halogens is 3. The van der Waals surface area contributed by atoms with Crippen molar-refractivity contribution in [2.45, 2.75) is 42.3 Å². The van der Waals surface area contributed by atoms with Gasteiger partial charge in [0.15, 0.2) is 5.75 Å². The fourth-order valence-electron chi connectivity index (χ4n) is 5.23. The summed E-state index contributed by atoms with van der Waals surface area (Å²) in [5, 5.41) is 10.8. The summed E-state index contributed by atoms with van der Waals surface area (Å²) in [6, 6.07) is 6.06. The van der Waals surface area contributed by atoms with Crippen LogP contribution in [0.3, 0.4) is 0 Å². The molecule has 12 heteroatoms. The van der Waals surface area contributed by atoms with Crippen LogP contribution in [0.15, 0.2) is 35.2 Å². The van der Waals surface area contributed by atoms with Gasteiger partial charge in [0.05, 0.1) is 44.9 Å². The molecule has 3 saturated heterocycles. The number of piperazine rings is 1. The number of phenols is 1. The van der Waals surface area contributed by atoms with Gasteiger partial charge in [0, 0.05) is 32.2 Å². The number of ether oxygens (including phenoxy) is 1. The first kappa shape index (κ1) is 25.5. The zero-order chi connectivity index (χ0) is 26.0. The van der Waals surface area contributed by atoms with E-state index in [1.807, 2.05) is 4.90 Å². The number of rotatable bonds is 5. The van der Waals surface area contributed by atoms with Gasteiger partial charge in [-0.1, -0.05) is 23.2 Å². The van der Waals surface area contributed by atoms with Crippen molar-refractivity contribution in [3.8, 4) is 5.75 Å². The van der Waals surface area contributed by atoms with Crippen LogP contribution in [-0.4, -0.2) is 79.6 Å². The zero-order valence-electron chi connectivity index (χ0n) is 19.7. The number of sulfonamides is 1. The summed E-state index contributed by atoms with van der Waals surface area (Å²) in [6.07, 6.45) is 1.49. The molecule has 36 heavy (non-hydrogen) atoms. The Balaban J connectivity index is 1.44. The van der Waals surface area contributed by atoms with Gasteiger partial charge >= 0.3 is 0 Å². The first-order valence-corrected chi connectivity index (χ1v) is 13.7. The van der Waals surface area contributed by atoms with Crippen LogP contribution < -0.4 is 4.90 Å². The smallest absolute Gasteiger partial charge is 0.255 e. The predicted octanol–water partition coefficient (Wildman–Crippen LogP) is 3.74. The van der Waals surface area contributed by atoms with E-state index in [0.29, 0.717) is 32.0 Å². The highest BCUT2D eigenvalue weighted by atomic mass is 35.5. The zero-order valence-corrected chi connectivity index (χ0v) is 22.1. The molecule has 3 heterocycles. The molecule has 5 rings (SSSR count). The molecule has 1 amide bonds. The lowest BCUT2D eigenvalue weighted by Crippen LogP contribution is -2.60. The number of likely N-dealkylation sites (tertiary alicyclic amines) is 1. The quantitative estimate of drug-likeness (QED) is 0.602. The van der Waals surface area contributed by atoms with E-state index in [-0.39, 0.29) is 44.2 Å². The molecule has 1 N–H and O–H groups in total. The summed E-state index contributed by atoms with van der Waals surface area (Å²) in [6.45, 7) is 3.07. The number of anilines is 1. The fraction of sp³-hybridized carbons (Fsp3) is 0.458. The Morgan fingerprint density at radius 3 is 2.33 bits per heavy atom. The second kappa shape index (κ2) is 9.02. The molecule has 0 radical (unpaired) electrons. The van der Waals surface area contributed by atoms with Crippen molar-refractivity contribution in [2.75, 3.05) is 38.3 Å². The van der Waals surface area contributed by atoms with Crippen molar-refractivity contribution in [2.24, 2.45) is 0 Å². The molecule has 3 aliphatic rings. The van der Waals surface area contributed by atoms with Crippen LogP contribution in [0.1, 0.15) is 30.1 Å². The average Bonchev–Trinajstić information content (AvgIpc) is 3.06. The third-order valence-electron chi connectivity index (χ3n) is 7.47. The second-order valence-corrected chi connectivity index (χ2v) is 12.6. The maximum Gasteiger partial charge on any atom is 0.255 e. The highest BCUT2D eigenvalue weighted by Gasteiger charge is 2.46. The number of benzene rings is 2.